The van der Waals surface area contributed by atoms with Gasteiger partial charge in [-0.2, -0.15) is 0 Å². The summed E-state index contributed by atoms with van der Waals surface area (Å²) in [6.45, 7) is 10.6. The first-order chi connectivity index (χ1) is 15.4. The maximum atomic E-state index is 12.2. The molecule has 0 spiro atoms. The molecular weight excluding hydrogens is 507 g/mol. The van der Waals surface area contributed by atoms with Gasteiger partial charge >= 0.3 is 184 Å². The third-order valence-corrected chi connectivity index (χ3v) is 18.6. The molecule has 0 aliphatic rings. The molecule has 0 unspecified atom stereocenters. The molecule has 0 aliphatic carbocycles. The van der Waals surface area contributed by atoms with E-state index in [9.17, 15) is 9.59 Å². The first-order valence-corrected chi connectivity index (χ1v) is 20.6. The minimum absolute atomic E-state index is 0.0288. The number of ketones is 1. The number of carbonyl (C=O) groups excluding carboxylic acids is 2. The molecule has 0 amide bonds. The van der Waals surface area contributed by atoms with Gasteiger partial charge in [-0.05, 0) is 0 Å². The second-order valence-corrected chi connectivity index (χ2v) is 21.0. The number of carbonyl (C=O) groups is 2. The maximum absolute atomic E-state index is 12.2. The molecule has 0 rings (SSSR count). The van der Waals surface area contributed by atoms with Crippen molar-refractivity contribution in [1.29, 1.82) is 0 Å². The van der Waals surface area contributed by atoms with Crippen LogP contribution in [0.15, 0.2) is 11.8 Å². The molecule has 0 atom stereocenters. The van der Waals surface area contributed by atoms with Gasteiger partial charge in [0.1, 0.15) is 0 Å². The molecule has 0 aromatic carbocycles. The zero-order valence-electron chi connectivity index (χ0n) is 21.9. The fourth-order valence-electron chi connectivity index (χ4n) is 4.19. The van der Waals surface area contributed by atoms with Gasteiger partial charge in [0.2, 0.25) is 0 Å². The predicted molar refractivity (Wildman–Crippen MR) is 138 cm³/mol. The van der Waals surface area contributed by atoms with Crippen molar-refractivity contribution in [2.75, 3.05) is 6.61 Å². The van der Waals surface area contributed by atoms with E-state index in [0.29, 0.717) is 13.0 Å². The Kier molecular flexibility index (Phi) is 20.7. The molecular formula is C27H52O4Sn. The fourth-order valence-corrected chi connectivity index (χ4v) is 16.4. The van der Waals surface area contributed by atoms with Crippen LogP contribution in [0.2, 0.25) is 13.3 Å². The molecule has 0 radical (unpaired) electrons. The van der Waals surface area contributed by atoms with Crippen molar-refractivity contribution in [1.82, 2.24) is 0 Å². The van der Waals surface area contributed by atoms with E-state index in [4.69, 9.17) is 7.81 Å². The van der Waals surface area contributed by atoms with E-state index < -0.39 is 18.8 Å². The fraction of sp³-hybridized carbons (Fsp3) is 0.852. The Hall–Kier alpha value is -0.521. The predicted octanol–water partition coefficient (Wildman–Crippen LogP) is 8.51. The summed E-state index contributed by atoms with van der Waals surface area (Å²) in [6.07, 6.45) is 18.0. The molecule has 0 aliphatic heterocycles. The van der Waals surface area contributed by atoms with Crippen LogP contribution in [0.25, 0.3) is 0 Å². The van der Waals surface area contributed by atoms with Gasteiger partial charge in [0.25, 0.3) is 0 Å². The monoisotopic (exact) mass is 560 g/mol. The summed E-state index contributed by atoms with van der Waals surface area (Å²) in [5.41, 5.74) is 0. The van der Waals surface area contributed by atoms with Crippen molar-refractivity contribution in [2.45, 2.75) is 138 Å². The van der Waals surface area contributed by atoms with Crippen molar-refractivity contribution in [3.05, 3.63) is 11.8 Å². The Balaban J connectivity index is 4.44. The Morgan fingerprint density at radius 3 is 1.69 bits per heavy atom. The zero-order chi connectivity index (χ0) is 24.1. The molecule has 0 aromatic heterocycles. The van der Waals surface area contributed by atoms with Crippen LogP contribution < -0.4 is 0 Å². The summed E-state index contributed by atoms with van der Waals surface area (Å²) in [7, 11) is 0. The quantitative estimate of drug-likeness (QED) is 0.0439. The van der Waals surface area contributed by atoms with Crippen LogP contribution in [0.5, 0.6) is 0 Å². The van der Waals surface area contributed by atoms with Crippen LogP contribution >= 0.6 is 0 Å². The van der Waals surface area contributed by atoms with Crippen LogP contribution in [0.3, 0.4) is 0 Å². The van der Waals surface area contributed by atoms with E-state index >= 15 is 0 Å². The Morgan fingerprint density at radius 1 is 0.688 bits per heavy atom. The molecule has 0 saturated heterocycles. The van der Waals surface area contributed by atoms with Gasteiger partial charge in [0, 0.05) is 0 Å². The second kappa shape index (κ2) is 21.0. The molecule has 0 saturated carbocycles. The third-order valence-electron chi connectivity index (χ3n) is 6.06. The number of esters is 1. The Bertz CT molecular complexity index is 508. The van der Waals surface area contributed by atoms with Gasteiger partial charge in [0.15, 0.2) is 0 Å². The van der Waals surface area contributed by atoms with E-state index in [1.807, 2.05) is 6.92 Å². The molecule has 0 N–H and O–H groups in total. The Labute approximate surface area is 203 Å². The SMILES string of the molecule is CCCCCCCCCCCC(=O)OC[CH2][Sn]([CH2]CCC)([CH2]CCC)[O]/C(C)=C\C(C)=O. The van der Waals surface area contributed by atoms with Gasteiger partial charge in [-0.1, -0.05) is 19.8 Å². The summed E-state index contributed by atoms with van der Waals surface area (Å²) in [5, 5.41) is 0. The standard InChI is InChI=1S/C14H27O2.C5H8O2.2C4H9.Sn/c1-3-5-6-7-8-9-10-11-12-13-14(15)16-4-2;1-4(6)3-5(2)7;2*1-3-4-2;/h2-13H2,1H3;3,6H,1-2H3;2*1,3-4H2,2H3;/q;;;;+1/p-1/b;4-3-;;;. The van der Waals surface area contributed by atoms with E-state index in [1.54, 1.807) is 13.0 Å². The van der Waals surface area contributed by atoms with Gasteiger partial charge in [-0.25, -0.2) is 0 Å². The number of hydrogen-bond donors (Lipinski definition) is 0. The van der Waals surface area contributed by atoms with Gasteiger partial charge in [-0.3, -0.25) is 0 Å². The van der Waals surface area contributed by atoms with Crippen LogP contribution in [0.4, 0.5) is 0 Å². The van der Waals surface area contributed by atoms with E-state index in [-0.39, 0.29) is 11.8 Å². The van der Waals surface area contributed by atoms with Gasteiger partial charge in [0.05, 0.1) is 0 Å². The summed E-state index contributed by atoms with van der Waals surface area (Å²) in [4.78, 5) is 23.7. The third kappa shape index (κ3) is 18.0. The van der Waals surface area contributed by atoms with Crippen LogP contribution in [-0.2, 0) is 17.4 Å². The average Bonchev–Trinajstić information content (AvgIpc) is 2.74. The number of ether oxygens (including phenoxy) is 1. The molecule has 32 heavy (non-hydrogen) atoms. The summed E-state index contributed by atoms with van der Waals surface area (Å²) >= 11 is -2.98. The first kappa shape index (κ1) is 31.5. The van der Waals surface area contributed by atoms with Crippen LogP contribution in [0, 0.1) is 0 Å². The molecule has 188 valence electrons. The summed E-state index contributed by atoms with van der Waals surface area (Å²) < 4.78 is 15.3. The van der Waals surface area contributed by atoms with Crippen LogP contribution in [0.1, 0.15) is 125 Å². The number of unbranched alkanes of at least 4 members (excludes halogenated alkanes) is 10. The molecule has 0 heterocycles. The van der Waals surface area contributed by atoms with E-state index in [0.717, 1.165) is 57.6 Å². The van der Waals surface area contributed by atoms with Crippen molar-refractivity contribution in [3.8, 4) is 0 Å². The normalized spacial score (nSPS) is 12.1. The van der Waals surface area contributed by atoms with Crippen molar-refractivity contribution in [3.63, 3.8) is 0 Å². The van der Waals surface area contributed by atoms with E-state index in [1.165, 1.54) is 44.9 Å². The second-order valence-electron chi connectivity index (χ2n) is 9.41. The minimum atomic E-state index is -2.98. The van der Waals surface area contributed by atoms with Crippen molar-refractivity contribution < 1.29 is 17.4 Å². The van der Waals surface area contributed by atoms with Crippen LogP contribution in [-0.4, -0.2) is 37.2 Å². The number of hydrogen-bond acceptors (Lipinski definition) is 4. The number of allylic oxidation sites excluding steroid dienone is 2. The average molecular weight is 559 g/mol. The molecule has 0 aromatic rings. The first-order valence-electron chi connectivity index (χ1n) is 13.4. The van der Waals surface area contributed by atoms with Gasteiger partial charge in [-0.15, -0.1) is 0 Å². The van der Waals surface area contributed by atoms with Crippen molar-refractivity contribution in [2.24, 2.45) is 0 Å². The topological polar surface area (TPSA) is 52.6 Å². The van der Waals surface area contributed by atoms with E-state index in [2.05, 4.69) is 20.8 Å². The molecule has 0 bridgehead atoms. The summed E-state index contributed by atoms with van der Waals surface area (Å²) in [6, 6.07) is 0. The van der Waals surface area contributed by atoms with Gasteiger partial charge < -0.3 is 0 Å². The number of rotatable bonds is 22. The molecule has 5 heteroatoms. The van der Waals surface area contributed by atoms with Crippen molar-refractivity contribution >= 4 is 30.5 Å². The molecule has 4 nitrogen and oxygen atoms in total. The summed E-state index contributed by atoms with van der Waals surface area (Å²) in [5.74, 6) is 0.720. The zero-order valence-corrected chi connectivity index (χ0v) is 24.8. The molecule has 0 fully saturated rings. The Morgan fingerprint density at radius 2 is 1.19 bits per heavy atom.